The van der Waals surface area contributed by atoms with Crippen molar-refractivity contribution in [2.24, 2.45) is 5.92 Å². The number of carbonyl (C=O) groups is 1. The number of aryl methyl sites for hydroxylation is 2. The molecular weight excluding hydrogens is 424 g/mol. The summed E-state index contributed by atoms with van der Waals surface area (Å²) in [7, 11) is -3.53. The summed E-state index contributed by atoms with van der Waals surface area (Å²) in [5.41, 5.74) is 3.26. The highest BCUT2D eigenvalue weighted by atomic mass is 32.2. The summed E-state index contributed by atoms with van der Waals surface area (Å²) in [6.45, 7) is 9.69. The van der Waals surface area contributed by atoms with Crippen molar-refractivity contribution in [3.8, 4) is 5.75 Å². The number of ether oxygens (including phenoxy) is 1. The van der Waals surface area contributed by atoms with Gasteiger partial charge in [0.1, 0.15) is 12.4 Å². The summed E-state index contributed by atoms with van der Waals surface area (Å²) in [6.07, 6.45) is 1.04. The summed E-state index contributed by atoms with van der Waals surface area (Å²) < 4.78 is 33.2. The minimum atomic E-state index is -3.53. The number of rotatable bonds is 8. The molecular formula is C25H34N2O4S. The molecule has 0 unspecified atom stereocenters. The van der Waals surface area contributed by atoms with Crippen LogP contribution in [-0.4, -0.2) is 44.9 Å². The maximum absolute atomic E-state index is 13.0. The van der Waals surface area contributed by atoms with Crippen molar-refractivity contribution in [2.45, 2.75) is 51.3 Å². The number of hydrogen-bond donors (Lipinski definition) is 1. The molecule has 0 saturated carbocycles. The van der Waals surface area contributed by atoms with Crippen LogP contribution in [0.2, 0.25) is 0 Å². The standard InChI is InChI=1S/C25H34N2O4S/c1-18(2)21-8-10-23(11-9-21)32(29,30)27-15-12-22(13-16-27)25(28)26-14-17-31-24-19(3)6-5-7-20(24)4/h5-11,18,22H,12-17H2,1-4H3,(H,26,28). The van der Waals surface area contributed by atoms with Gasteiger partial charge in [-0.2, -0.15) is 4.31 Å². The van der Waals surface area contributed by atoms with Gasteiger partial charge in [-0.05, 0) is 61.4 Å². The van der Waals surface area contributed by atoms with Gasteiger partial charge in [0, 0.05) is 19.0 Å². The average molecular weight is 459 g/mol. The first-order valence-electron chi connectivity index (χ1n) is 11.3. The first kappa shape index (κ1) is 24.3. The Morgan fingerprint density at radius 2 is 1.66 bits per heavy atom. The first-order chi connectivity index (χ1) is 15.2. The Labute approximate surface area is 192 Å². The highest BCUT2D eigenvalue weighted by Crippen LogP contribution is 2.25. The van der Waals surface area contributed by atoms with E-state index in [9.17, 15) is 13.2 Å². The van der Waals surface area contributed by atoms with Crippen molar-refractivity contribution in [1.29, 1.82) is 0 Å². The third kappa shape index (κ3) is 5.70. The zero-order valence-electron chi connectivity index (χ0n) is 19.4. The molecule has 0 atom stereocenters. The van der Waals surface area contributed by atoms with Gasteiger partial charge in [0.2, 0.25) is 15.9 Å². The lowest BCUT2D eigenvalue weighted by molar-refractivity contribution is -0.126. The number of carbonyl (C=O) groups excluding carboxylic acids is 1. The van der Waals surface area contributed by atoms with Crippen LogP contribution in [0, 0.1) is 19.8 Å². The second kappa shape index (κ2) is 10.5. The van der Waals surface area contributed by atoms with E-state index < -0.39 is 10.0 Å². The molecule has 6 nitrogen and oxygen atoms in total. The van der Waals surface area contributed by atoms with E-state index in [1.807, 2.05) is 44.2 Å². The molecule has 32 heavy (non-hydrogen) atoms. The van der Waals surface area contributed by atoms with Crippen LogP contribution in [0.25, 0.3) is 0 Å². The molecule has 3 rings (SSSR count). The third-order valence-electron chi connectivity index (χ3n) is 6.07. The lowest BCUT2D eigenvalue weighted by atomic mass is 9.97. The summed E-state index contributed by atoms with van der Waals surface area (Å²) in [4.78, 5) is 12.8. The Morgan fingerprint density at radius 1 is 1.06 bits per heavy atom. The SMILES string of the molecule is Cc1cccc(C)c1OCCNC(=O)C1CCN(S(=O)(=O)c2ccc(C(C)C)cc2)CC1. The molecule has 1 aliphatic heterocycles. The quantitative estimate of drug-likeness (QED) is 0.606. The number of amides is 1. The predicted octanol–water partition coefficient (Wildman–Crippen LogP) is 4.02. The van der Waals surface area contributed by atoms with Crippen molar-refractivity contribution < 1.29 is 17.9 Å². The smallest absolute Gasteiger partial charge is 0.243 e. The Bertz CT molecular complexity index is 1000. The van der Waals surface area contributed by atoms with E-state index in [0.717, 1.165) is 22.4 Å². The molecule has 1 aliphatic rings. The Balaban J connectivity index is 1.46. The van der Waals surface area contributed by atoms with E-state index in [4.69, 9.17) is 4.74 Å². The normalized spacial score (nSPS) is 15.7. The van der Waals surface area contributed by atoms with Gasteiger partial charge >= 0.3 is 0 Å². The van der Waals surface area contributed by atoms with Crippen LogP contribution in [0.3, 0.4) is 0 Å². The fourth-order valence-corrected chi connectivity index (χ4v) is 5.50. The molecule has 174 valence electrons. The second-order valence-corrected chi connectivity index (χ2v) is 10.7. The van der Waals surface area contributed by atoms with Crippen LogP contribution in [0.5, 0.6) is 5.75 Å². The molecule has 0 radical (unpaired) electrons. The predicted molar refractivity (Wildman–Crippen MR) is 126 cm³/mol. The zero-order chi connectivity index (χ0) is 23.3. The monoisotopic (exact) mass is 458 g/mol. The number of para-hydroxylation sites is 1. The van der Waals surface area contributed by atoms with Gasteiger partial charge in [0.15, 0.2) is 0 Å². The van der Waals surface area contributed by atoms with Crippen molar-refractivity contribution in [3.63, 3.8) is 0 Å². The number of benzene rings is 2. The molecule has 1 amide bonds. The molecule has 2 aromatic rings. The largest absolute Gasteiger partial charge is 0.491 e. The summed E-state index contributed by atoms with van der Waals surface area (Å²) in [6, 6.07) is 13.1. The van der Waals surface area contributed by atoms with Crippen LogP contribution in [0.1, 0.15) is 49.3 Å². The molecule has 7 heteroatoms. The van der Waals surface area contributed by atoms with Crippen molar-refractivity contribution in [2.75, 3.05) is 26.2 Å². The maximum Gasteiger partial charge on any atom is 0.243 e. The number of sulfonamides is 1. The number of nitrogens with zero attached hydrogens (tertiary/aromatic N) is 1. The minimum Gasteiger partial charge on any atom is -0.491 e. The van der Waals surface area contributed by atoms with Crippen LogP contribution in [0.4, 0.5) is 0 Å². The topological polar surface area (TPSA) is 75.7 Å². The fraction of sp³-hybridized carbons (Fsp3) is 0.480. The van der Waals surface area contributed by atoms with Crippen molar-refractivity contribution in [1.82, 2.24) is 9.62 Å². The summed E-state index contributed by atoms with van der Waals surface area (Å²) in [5, 5.41) is 2.93. The zero-order valence-corrected chi connectivity index (χ0v) is 20.2. The van der Waals surface area contributed by atoms with E-state index in [2.05, 4.69) is 19.2 Å². The number of hydrogen-bond acceptors (Lipinski definition) is 4. The average Bonchev–Trinajstić information content (AvgIpc) is 2.78. The Morgan fingerprint density at radius 3 is 2.22 bits per heavy atom. The van der Waals surface area contributed by atoms with Gasteiger partial charge in [-0.1, -0.05) is 44.2 Å². The molecule has 1 heterocycles. The molecule has 0 spiro atoms. The number of piperidine rings is 1. The lowest BCUT2D eigenvalue weighted by Gasteiger charge is -2.30. The van der Waals surface area contributed by atoms with Crippen molar-refractivity contribution >= 4 is 15.9 Å². The van der Waals surface area contributed by atoms with E-state index >= 15 is 0 Å². The van der Waals surface area contributed by atoms with E-state index in [0.29, 0.717) is 49.9 Å². The van der Waals surface area contributed by atoms with Gasteiger partial charge in [-0.15, -0.1) is 0 Å². The first-order valence-corrected chi connectivity index (χ1v) is 12.7. The van der Waals surface area contributed by atoms with E-state index in [1.165, 1.54) is 4.31 Å². The third-order valence-corrected chi connectivity index (χ3v) is 7.98. The van der Waals surface area contributed by atoms with E-state index in [-0.39, 0.29) is 11.8 Å². The fourth-order valence-electron chi connectivity index (χ4n) is 4.03. The molecule has 1 fully saturated rings. The van der Waals surface area contributed by atoms with Gasteiger partial charge in [-0.25, -0.2) is 8.42 Å². The van der Waals surface area contributed by atoms with Crippen LogP contribution in [0.15, 0.2) is 47.4 Å². The van der Waals surface area contributed by atoms with Crippen molar-refractivity contribution in [3.05, 3.63) is 59.2 Å². The molecule has 0 aromatic heterocycles. The van der Waals surface area contributed by atoms with Crippen LogP contribution < -0.4 is 10.1 Å². The maximum atomic E-state index is 13.0. The molecule has 2 aromatic carbocycles. The summed E-state index contributed by atoms with van der Waals surface area (Å²) >= 11 is 0. The number of nitrogens with one attached hydrogen (secondary N) is 1. The van der Waals surface area contributed by atoms with Crippen LogP contribution >= 0.6 is 0 Å². The van der Waals surface area contributed by atoms with Gasteiger partial charge in [0.25, 0.3) is 0 Å². The molecule has 1 saturated heterocycles. The molecule has 1 N–H and O–H groups in total. The molecule has 0 aliphatic carbocycles. The van der Waals surface area contributed by atoms with Gasteiger partial charge in [0.05, 0.1) is 11.4 Å². The van der Waals surface area contributed by atoms with Gasteiger partial charge in [-0.3, -0.25) is 4.79 Å². The molecule has 0 bridgehead atoms. The van der Waals surface area contributed by atoms with Crippen LogP contribution in [-0.2, 0) is 14.8 Å². The Hall–Kier alpha value is -2.38. The Kier molecular flexibility index (Phi) is 7.96. The van der Waals surface area contributed by atoms with Gasteiger partial charge < -0.3 is 10.1 Å². The van der Waals surface area contributed by atoms with E-state index in [1.54, 1.807) is 12.1 Å². The highest BCUT2D eigenvalue weighted by molar-refractivity contribution is 7.89. The second-order valence-electron chi connectivity index (χ2n) is 8.76. The summed E-state index contributed by atoms with van der Waals surface area (Å²) in [5.74, 6) is 1.01. The lowest BCUT2D eigenvalue weighted by Crippen LogP contribution is -2.43. The highest BCUT2D eigenvalue weighted by Gasteiger charge is 2.32. The minimum absolute atomic E-state index is 0.0339.